The second kappa shape index (κ2) is 9.22. The molecule has 2 heterocycles. The predicted octanol–water partition coefficient (Wildman–Crippen LogP) is 3.77. The van der Waals surface area contributed by atoms with Crippen LogP contribution in [0.4, 0.5) is 0 Å². The monoisotopic (exact) mass is 498 g/mol. The fourth-order valence-corrected chi connectivity index (χ4v) is 4.84. The van der Waals surface area contributed by atoms with Gasteiger partial charge in [-0.25, -0.2) is 0 Å². The smallest absolute Gasteiger partial charge is 0.261 e. The summed E-state index contributed by atoms with van der Waals surface area (Å²) in [6.45, 7) is 14.6. The molecule has 2 aliphatic heterocycles. The van der Waals surface area contributed by atoms with Crippen molar-refractivity contribution >= 4 is 11.8 Å². The Kier molecular flexibility index (Phi) is 6.96. The number of nitrogens with two attached hydrogens (primary N) is 2. The van der Waals surface area contributed by atoms with Gasteiger partial charge in [0.25, 0.3) is 11.8 Å². The summed E-state index contributed by atoms with van der Waals surface area (Å²) < 4.78 is 11.7. The number of phenols is 2. The summed E-state index contributed by atoms with van der Waals surface area (Å²) in [5, 5.41) is 20.1. The highest BCUT2D eigenvalue weighted by Gasteiger charge is 2.40. The number of primary amides is 2. The molecule has 6 N–H and O–H groups in total. The van der Waals surface area contributed by atoms with Crippen molar-refractivity contribution < 1.29 is 29.3 Å². The first-order valence-electron chi connectivity index (χ1n) is 12.2. The standard InChI is InChI=1S/2C14H19NO3/c2*1-7-8(2)12-10(9(3)11(7)16)5-6-14(4,18-12)13(15)17/h2*16H,5-6H2,1-4H3,(H2,15,17). The van der Waals surface area contributed by atoms with Gasteiger partial charge >= 0.3 is 0 Å². The number of ether oxygens (including phenoxy) is 2. The van der Waals surface area contributed by atoms with Crippen LogP contribution < -0.4 is 20.9 Å². The van der Waals surface area contributed by atoms with Crippen molar-refractivity contribution in [3.05, 3.63) is 44.5 Å². The number of phenolic OH excluding ortho intramolecular Hbond substituents is 2. The van der Waals surface area contributed by atoms with Gasteiger partial charge in [-0.3, -0.25) is 9.59 Å². The third kappa shape index (κ3) is 4.33. The summed E-state index contributed by atoms with van der Waals surface area (Å²) in [6.07, 6.45) is 2.46. The minimum atomic E-state index is -0.951. The minimum Gasteiger partial charge on any atom is -0.507 e. The molecule has 0 fully saturated rings. The Bertz CT molecular complexity index is 1170. The van der Waals surface area contributed by atoms with Crippen molar-refractivity contribution in [2.24, 2.45) is 11.5 Å². The number of benzene rings is 2. The molecule has 196 valence electrons. The lowest BCUT2D eigenvalue weighted by atomic mass is 9.87. The molecule has 2 aliphatic rings. The zero-order valence-electron chi connectivity index (χ0n) is 22.5. The van der Waals surface area contributed by atoms with Gasteiger partial charge in [0.05, 0.1) is 0 Å². The van der Waals surface area contributed by atoms with Crippen LogP contribution in [0.2, 0.25) is 0 Å². The van der Waals surface area contributed by atoms with Crippen LogP contribution in [0.1, 0.15) is 71.2 Å². The van der Waals surface area contributed by atoms with Crippen molar-refractivity contribution in [1.29, 1.82) is 0 Å². The minimum absolute atomic E-state index is 0.317. The summed E-state index contributed by atoms with van der Waals surface area (Å²) in [6, 6.07) is 0. The lowest BCUT2D eigenvalue weighted by Crippen LogP contribution is -2.48. The molecular weight excluding hydrogens is 460 g/mol. The Morgan fingerprint density at radius 2 is 0.944 bits per heavy atom. The average molecular weight is 499 g/mol. The van der Waals surface area contributed by atoms with Gasteiger partial charge in [0.2, 0.25) is 0 Å². The molecule has 2 aromatic rings. The number of hydrogen-bond acceptors (Lipinski definition) is 6. The van der Waals surface area contributed by atoms with Crippen molar-refractivity contribution in [2.75, 3.05) is 0 Å². The molecule has 0 radical (unpaired) electrons. The van der Waals surface area contributed by atoms with Gasteiger partial charge < -0.3 is 31.2 Å². The van der Waals surface area contributed by atoms with E-state index in [1.54, 1.807) is 13.8 Å². The van der Waals surface area contributed by atoms with Crippen LogP contribution in [0.25, 0.3) is 0 Å². The SMILES string of the molecule is Cc1c(C)c2c(c(C)c1O)CCC(C)(C(N)=O)O2.Cc1c(C)c2c(c(C)c1O)CCC(C)(C(N)=O)O2. The number of rotatable bonds is 2. The second-order valence-corrected chi connectivity index (χ2v) is 10.5. The van der Waals surface area contributed by atoms with E-state index in [0.717, 1.165) is 44.5 Å². The maximum Gasteiger partial charge on any atom is 0.261 e. The average Bonchev–Trinajstić information content (AvgIpc) is 2.83. The molecule has 0 saturated carbocycles. The summed E-state index contributed by atoms with van der Waals surface area (Å²) in [5.74, 6) is 1.15. The van der Waals surface area contributed by atoms with E-state index in [1.807, 2.05) is 41.5 Å². The Hall–Kier alpha value is -3.42. The van der Waals surface area contributed by atoms with Crippen LogP contribution in [0, 0.1) is 41.5 Å². The van der Waals surface area contributed by atoms with Crippen LogP contribution in [0.15, 0.2) is 0 Å². The molecule has 36 heavy (non-hydrogen) atoms. The number of carbonyl (C=O) groups excluding carboxylic acids is 2. The second-order valence-electron chi connectivity index (χ2n) is 10.5. The van der Waals surface area contributed by atoms with Crippen LogP contribution in [-0.2, 0) is 22.4 Å². The van der Waals surface area contributed by atoms with Gasteiger partial charge in [-0.15, -0.1) is 0 Å². The number of aromatic hydroxyl groups is 2. The van der Waals surface area contributed by atoms with Gasteiger partial charge in [-0.2, -0.15) is 0 Å². The first-order chi connectivity index (χ1) is 16.6. The maximum atomic E-state index is 11.5. The van der Waals surface area contributed by atoms with Crippen molar-refractivity contribution in [3.63, 3.8) is 0 Å². The summed E-state index contributed by atoms with van der Waals surface area (Å²) in [4.78, 5) is 23.0. The first kappa shape index (κ1) is 27.2. The third-order valence-corrected chi connectivity index (χ3v) is 8.08. The number of amides is 2. The molecule has 0 saturated heterocycles. The van der Waals surface area contributed by atoms with Crippen LogP contribution in [-0.4, -0.2) is 33.2 Å². The zero-order valence-corrected chi connectivity index (χ0v) is 22.5. The molecule has 2 aromatic carbocycles. The van der Waals surface area contributed by atoms with Gasteiger partial charge in [-0.1, -0.05) is 0 Å². The van der Waals surface area contributed by atoms with Crippen LogP contribution in [0.3, 0.4) is 0 Å². The third-order valence-electron chi connectivity index (χ3n) is 8.08. The van der Waals surface area contributed by atoms with Gasteiger partial charge in [0.15, 0.2) is 11.2 Å². The molecular formula is C28H38N2O6. The van der Waals surface area contributed by atoms with Crippen molar-refractivity contribution in [3.8, 4) is 23.0 Å². The molecule has 2 atom stereocenters. The molecule has 0 spiro atoms. The fraction of sp³-hybridized carbons (Fsp3) is 0.500. The van der Waals surface area contributed by atoms with Crippen LogP contribution in [0.5, 0.6) is 23.0 Å². The molecule has 0 aliphatic carbocycles. The Morgan fingerprint density at radius 3 is 1.22 bits per heavy atom. The van der Waals surface area contributed by atoms with E-state index in [-0.39, 0.29) is 0 Å². The lowest BCUT2D eigenvalue weighted by Gasteiger charge is -2.35. The largest absolute Gasteiger partial charge is 0.507 e. The fourth-order valence-electron chi connectivity index (χ4n) is 4.84. The van der Waals surface area contributed by atoms with Gasteiger partial charge in [0.1, 0.15) is 23.0 Å². The normalized spacial score (nSPS) is 22.2. The van der Waals surface area contributed by atoms with Crippen molar-refractivity contribution in [2.45, 2.75) is 92.3 Å². The highest BCUT2D eigenvalue weighted by molar-refractivity contribution is 5.84. The number of fused-ring (bicyclic) bond motifs is 2. The van der Waals surface area contributed by atoms with Gasteiger partial charge in [-0.05, 0) is 102 Å². The maximum absolute atomic E-state index is 11.5. The Balaban J connectivity index is 0.000000201. The Labute approximate surface area is 212 Å². The summed E-state index contributed by atoms with van der Waals surface area (Å²) >= 11 is 0. The van der Waals surface area contributed by atoms with E-state index < -0.39 is 23.0 Å². The molecule has 0 aromatic heterocycles. The predicted molar refractivity (Wildman–Crippen MR) is 138 cm³/mol. The Morgan fingerprint density at radius 1 is 0.639 bits per heavy atom. The highest BCUT2D eigenvalue weighted by atomic mass is 16.5. The van der Waals surface area contributed by atoms with E-state index in [2.05, 4.69) is 0 Å². The molecule has 4 rings (SSSR count). The zero-order chi connectivity index (χ0) is 27.3. The lowest BCUT2D eigenvalue weighted by molar-refractivity contribution is -0.133. The molecule has 2 amide bonds. The molecule has 0 bridgehead atoms. The van der Waals surface area contributed by atoms with E-state index in [0.29, 0.717) is 48.7 Å². The van der Waals surface area contributed by atoms with E-state index in [4.69, 9.17) is 20.9 Å². The van der Waals surface area contributed by atoms with Crippen LogP contribution >= 0.6 is 0 Å². The topological polar surface area (TPSA) is 145 Å². The highest BCUT2D eigenvalue weighted by Crippen LogP contribution is 2.44. The van der Waals surface area contributed by atoms with E-state index >= 15 is 0 Å². The number of hydrogen-bond donors (Lipinski definition) is 4. The van der Waals surface area contributed by atoms with Gasteiger partial charge in [0, 0.05) is 24.0 Å². The molecule has 2 unspecified atom stereocenters. The summed E-state index contributed by atoms with van der Waals surface area (Å²) in [7, 11) is 0. The molecule has 8 heteroatoms. The quantitative estimate of drug-likeness (QED) is 0.496. The van der Waals surface area contributed by atoms with E-state index in [9.17, 15) is 19.8 Å². The molecule has 8 nitrogen and oxygen atoms in total. The van der Waals surface area contributed by atoms with E-state index in [1.165, 1.54) is 0 Å². The first-order valence-corrected chi connectivity index (χ1v) is 12.2. The van der Waals surface area contributed by atoms with Crippen molar-refractivity contribution in [1.82, 2.24) is 0 Å². The number of carbonyl (C=O) groups is 2. The summed E-state index contributed by atoms with van der Waals surface area (Å²) in [5.41, 5.74) is 15.9.